The highest BCUT2D eigenvalue weighted by atomic mass is 32.2. The topological polar surface area (TPSA) is 70.1 Å². The zero-order chi connectivity index (χ0) is 23.8. The lowest BCUT2D eigenvalue weighted by molar-refractivity contribution is 0.309. The van der Waals surface area contributed by atoms with Gasteiger partial charge in [0.15, 0.2) is 0 Å². The molecule has 174 valence electrons. The van der Waals surface area contributed by atoms with Gasteiger partial charge in [0.05, 0.1) is 11.8 Å². The van der Waals surface area contributed by atoms with E-state index in [1.165, 1.54) is 11.1 Å². The van der Waals surface area contributed by atoms with Crippen LogP contribution in [-0.4, -0.2) is 57.4 Å². The molecule has 1 atom stereocenters. The van der Waals surface area contributed by atoms with Crippen LogP contribution in [0.15, 0.2) is 72.0 Å². The summed E-state index contributed by atoms with van der Waals surface area (Å²) in [6, 6.07) is 14.6. The van der Waals surface area contributed by atoms with Gasteiger partial charge in [-0.15, -0.1) is 0 Å². The number of hydrogen-bond donors (Lipinski definition) is 1. The average Bonchev–Trinajstić information content (AvgIpc) is 2.76. The normalized spacial score (nSPS) is 17.4. The number of nitrogens with zero attached hydrogens (tertiary/aromatic N) is 2. The Kier molecular flexibility index (Phi) is 6.47. The van der Waals surface area contributed by atoms with Gasteiger partial charge in [0.2, 0.25) is 0 Å². The van der Waals surface area contributed by atoms with Gasteiger partial charge in [-0.3, -0.25) is 9.45 Å². The molecule has 0 spiro atoms. The van der Waals surface area contributed by atoms with E-state index >= 15 is 0 Å². The molecule has 0 saturated heterocycles. The molecule has 1 N–H and O–H groups in total. The van der Waals surface area contributed by atoms with E-state index in [4.69, 9.17) is 9.29 Å². The van der Waals surface area contributed by atoms with Crippen molar-refractivity contribution in [2.45, 2.75) is 19.4 Å². The van der Waals surface area contributed by atoms with Crippen LogP contribution in [0, 0.1) is 6.92 Å². The Labute approximate surface area is 196 Å². The van der Waals surface area contributed by atoms with E-state index in [0.717, 1.165) is 33.9 Å². The first kappa shape index (κ1) is 23.3. The minimum Gasteiger partial charge on any atom is -0.456 e. The summed E-state index contributed by atoms with van der Waals surface area (Å²) in [6.45, 7) is 2.65. The average molecular weight is 467 g/mol. The summed E-state index contributed by atoms with van der Waals surface area (Å²) in [5.74, 6) is 1.37. The van der Waals surface area contributed by atoms with Gasteiger partial charge < -0.3 is 9.64 Å². The van der Waals surface area contributed by atoms with Crippen LogP contribution >= 0.6 is 0 Å². The molecule has 1 aliphatic carbocycles. The number of anilines is 1. The predicted octanol–water partition coefficient (Wildman–Crippen LogP) is 4.29. The van der Waals surface area contributed by atoms with Gasteiger partial charge in [-0.25, -0.2) is 0 Å². The Hall–Kier alpha value is -2.87. The summed E-state index contributed by atoms with van der Waals surface area (Å²) < 4.78 is 37.5. The fourth-order valence-electron chi connectivity index (χ4n) is 4.28. The van der Waals surface area contributed by atoms with Crippen molar-refractivity contribution in [2.75, 3.05) is 38.3 Å². The van der Waals surface area contributed by atoms with Crippen molar-refractivity contribution in [1.82, 2.24) is 4.90 Å². The second-order valence-electron chi connectivity index (χ2n) is 8.78. The minimum atomic E-state index is -3.95. The van der Waals surface area contributed by atoms with Gasteiger partial charge >= 0.3 is 0 Å². The highest BCUT2D eigenvalue weighted by Crippen LogP contribution is 2.45. The van der Waals surface area contributed by atoms with E-state index in [1.807, 2.05) is 32.1 Å². The monoisotopic (exact) mass is 466 g/mol. The number of ether oxygens (including phenoxy) is 1. The smallest absolute Gasteiger partial charge is 0.264 e. The summed E-state index contributed by atoms with van der Waals surface area (Å²) >= 11 is 0. The molecule has 0 amide bonds. The number of rotatable bonds is 7. The van der Waals surface area contributed by atoms with E-state index < -0.39 is 10.1 Å². The van der Waals surface area contributed by atoms with Crippen molar-refractivity contribution in [1.29, 1.82) is 0 Å². The Bertz CT molecular complexity index is 1260. The van der Waals surface area contributed by atoms with E-state index in [0.29, 0.717) is 13.0 Å². The van der Waals surface area contributed by atoms with E-state index in [1.54, 1.807) is 0 Å². The lowest BCUT2D eigenvalue weighted by Gasteiger charge is -2.32. The van der Waals surface area contributed by atoms with Crippen molar-refractivity contribution in [2.24, 2.45) is 0 Å². The Morgan fingerprint density at radius 2 is 1.82 bits per heavy atom. The molecule has 2 aromatic carbocycles. The number of likely N-dealkylation sites (N-methyl/N-ethyl adjacent to an activating group) is 1. The highest BCUT2D eigenvalue weighted by Gasteiger charge is 2.29. The third-order valence-corrected chi connectivity index (χ3v) is 6.93. The van der Waals surface area contributed by atoms with Crippen LogP contribution in [0.1, 0.15) is 23.1 Å². The molecule has 4 rings (SSSR count). The summed E-state index contributed by atoms with van der Waals surface area (Å²) in [7, 11) is 2.00. The second kappa shape index (κ2) is 9.17. The summed E-state index contributed by atoms with van der Waals surface area (Å²) in [6.07, 6.45) is 6.64. The predicted molar refractivity (Wildman–Crippen MR) is 133 cm³/mol. The van der Waals surface area contributed by atoms with Gasteiger partial charge in [-0.2, -0.15) is 8.42 Å². The van der Waals surface area contributed by atoms with Crippen LogP contribution in [0.4, 0.5) is 5.69 Å². The molecule has 2 aromatic rings. The van der Waals surface area contributed by atoms with Gasteiger partial charge in [-0.05, 0) is 56.3 Å². The van der Waals surface area contributed by atoms with Gasteiger partial charge in [0.1, 0.15) is 11.5 Å². The molecule has 0 bridgehead atoms. The standard InChI is InChI=1S/C26H30N2O4S/c1-18-8-5-6-9-21(18)26-22-12-10-19(27(2)3)16-24(22)32-25-17-20(11-13-23(25)26)28(4)14-7-15-33(29,30)31/h5-6,8-13,16-17,20H,7,14-15H2,1-4H3,(H,29,30,31). The molecule has 7 heteroatoms. The van der Waals surface area contributed by atoms with Gasteiger partial charge in [-0.1, -0.05) is 36.4 Å². The van der Waals surface area contributed by atoms with Crippen molar-refractivity contribution in [3.05, 3.63) is 88.7 Å². The van der Waals surface area contributed by atoms with Crippen LogP contribution in [0.2, 0.25) is 0 Å². The third-order valence-electron chi connectivity index (χ3n) is 6.12. The van der Waals surface area contributed by atoms with Crippen LogP contribution < -0.4 is 9.64 Å². The molecule has 1 aliphatic heterocycles. The molecular weight excluding hydrogens is 436 g/mol. The van der Waals surface area contributed by atoms with Gasteiger partial charge in [0, 0.05) is 42.6 Å². The summed E-state index contributed by atoms with van der Waals surface area (Å²) in [5, 5.41) is 0. The first-order chi connectivity index (χ1) is 15.6. The Balaban J connectivity index is 1.74. The molecule has 0 aromatic heterocycles. The van der Waals surface area contributed by atoms with Crippen molar-refractivity contribution in [3.8, 4) is 5.75 Å². The number of fused-ring (bicyclic) bond motifs is 2. The summed E-state index contributed by atoms with van der Waals surface area (Å²) in [4.78, 5) is 4.10. The second-order valence-corrected chi connectivity index (χ2v) is 10.4. The molecule has 0 radical (unpaired) electrons. The molecule has 1 heterocycles. The van der Waals surface area contributed by atoms with Crippen LogP contribution in [0.25, 0.3) is 5.57 Å². The number of allylic oxidation sites excluding steroid dienone is 1. The molecule has 33 heavy (non-hydrogen) atoms. The first-order valence-corrected chi connectivity index (χ1v) is 12.6. The molecule has 0 fully saturated rings. The van der Waals surface area contributed by atoms with Crippen molar-refractivity contribution >= 4 is 21.4 Å². The maximum absolute atomic E-state index is 11.0. The van der Waals surface area contributed by atoms with Crippen LogP contribution in [0.5, 0.6) is 5.75 Å². The largest absolute Gasteiger partial charge is 0.456 e. The van der Waals surface area contributed by atoms with Crippen molar-refractivity contribution in [3.63, 3.8) is 0 Å². The van der Waals surface area contributed by atoms with Crippen molar-refractivity contribution < 1.29 is 17.7 Å². The zero-order valence-electron chi connectivity index (χ0n) is 19.4. The number of aryl methyl sites for hydroxylation is 1. The maximum atomic E-state index is 11.0. The Morgan fingerprint density at radius 3 is 2.52 bits per heavy atom. The zero-order valence-corrected chi connectivity index (χ0v) is 20.3. The minimum absolute atomic E-state index is 0.0400. The molecule has 0 saturated carbocycles. The quantitative estimate of drug-likeness (QED) is 0.614. The van der Waals surface area contributed by atoms with E-state index in [9.17, 15) is 8.42 Å². The van der Waals surface area contributed by atoms with E-state index in [-0.39, 0.29) is 11.8 Å². The number of benzene rings is 2. The third kappa shape index (κ3) is 5.05. The Morgan fingerprint density at radius 1 is 1.06 bits per heavy atom. The molecule has 6 nitrogen and oxygen atoms in total. The molecular formula is C26H30N2O4S. The lowest BCUT2D eigenvalue weighted by Crippen LogP contribution is -2.32. The fraction of sp³-hybridized carbons (Fsp3) is 0.308. The number of hydrogen-bond acceptors (Lipinski definition) is 5. The lowest BCUT2D eigenvalue weighted by atomic mass is 9.85. The first-order valence-electron chi connectivity index (χ1n) is 11.0. The van der Waals surface area contributed by atoms with Crippen LogP contribution in [-0.2, 0) is 10.1 Å². The SMILES string of the molecule is Cc1ccccc1C1=C2C=CC(N(C)CCCS(=O)(=O)O)C=C2Oc2cc(N(C)C)ccc21. The van der Waals surface area contributed by atoms with E-state index in [2.05, 4.69) is 66.4 Å². The fourth-order valence-corrected chi connectivity index (χ4v) is 4.77. The summed E-state index contributed by atoms with van der Waals surface area (Å²) in [5.41, 5.74) is 6.68. The maximum Gasteiger partial charge on any atom is 0.264 e. The molecule has 1 unspecified atom stereocenters. The highest BCUT2D eigenvalue weighted by molar-refractivity contribution is 7.85. The molecule has 2 aliphatic rings. The van der Waals surface area contributed by atoms with Crippen LogP contribution in [0.3, 0.4) is 0 Å². The van der Waals surface area contributed by atoms with Gasteiger partial charge in [0.25, 0.3) is 10.1 Å².